The number of anilines is 1. The molecule has 0 spiro atoms. The van der Waals surface area contributed by atoms with E-state index in [1.165, 1.54) is 12.7 Å². The molecule has 0 aliphatic rings. The highest BCUT2D eigenvalue weighted by atomic mass is 16.5. The number of nitrogens with one attached hydrogen (secondary N) is 1. The third kappa shape index (κ3) is 3.70. The van der Waals surface area contributed by atoms with Crippen LogP contribution >= 0.6 is 0 Å². The van der Waals surface area contributed by atoms with Gasteiger partial charge in [-0.25, -0.2) is 4.79 Å². The smallest absolute Gasteiger partial charge is 0.327 e. The van der Waals surface area contributed by atoms with E-state index in [0.717, 1.165) is 5.69 Å². The maximum Gasteiger partial charge on any atom is 0.327 e. The van der Waals surface area contributed by atoms with Crippen molar-refractivity contribution in [2.45, 2.75) is 26.3 Å². The molecule has 1 atom stereocenters. The van der Waals surface area contributed by atoms with E-state index in [-0.39, 0.29) is 5.97 Å². The average molecular weight is 264 g/mol. The maximum absolute atomic E-state index is 12.0. The van der Waals surface area contributed by atoms with Crippen molar-refractivity contribution in [2.24, 2.45) is 0 Å². The van der Waals surface area contributed by atoms with Crippen LogP contribution in [0.25, 0.3) is 0 Å². The summed E-state index contributed by atoms with van der Waals surface area (Å²) >= 11 is 0. The molecule has 1 aromatic rings. The number of esters is 1. The molecule has 1 unspecified atom stereocenters. The Morgan fingerprint density at radius 1 is 1.42 bits per heavy atom. The summed E-state index contributed by atoms with van der Waals surface area (Å²) in [5, 5.41) is 3.21. The van der Waals surface area contributed by atoms with E-state index in [4.69, 9.17) is 4.74 Å². The van der Waals surface area contributed by atoms with Gasteiger partial charge in [-0.05, 0) is 32.0 Å². The zero-order valence-electron chi connectivity index (χ0n) is 12.5. The van der Waals surface area contributed by atoms with Crippen molar-refractivity contribution in [3.05, 3.63) is 29.8 Å². The Morgan fingerprint density at radius 3 is 2.58 bits per heavy atom. The Morgan fingerprint density at radius 2 is 2.05 bits per heavy atom. The van der Waals surface area contributed by atoms with Crippen LogP contribution in [0.5, 0.6) is 0 Å². The highest BCUT2D eigenvalue weighted by Crippen LogP contribution is 2.20. The highest BCUT2D eigenvalue weighted by molar-refractivity contribution is 5.81. The van der Waals surface area contributed by atoms with Gasteiger partial charge in [0.25, 0.3) is 0 Å². The summed E-state index contributed by atoms with van der Waals surface area (Å²) < 4.78 is 4.91. The lowest BCUT2D eigenvalue weighted by molar-refractivity contribution is -0.147. The number of likely N-dealkylation sites (N-methyl/N-ethyl adjacent to an activating group) is 2. The molecule has 1 aromatic carbocycles. The minimum absolute atomic E-state index is 0.241. The Bertz CT molecular complexity index is 434. The molecule has 106 valence electrons. The number of carbonyl (C=O) groups excluding carboxylic acids is 1. The number of benzene rings is 1. The van der Waals surface area contributed by atoms with Gasteiger partial charge in [-0.3, -0.25) is 0 Å². The fourth-order valence-corrected chi connectivity index (χ4v) is 2.36. The zero-order valence-corrected chi connectivity index (χ0v) is 12.5. The molecule has 0 aromatic heterocycles. The Labute approximate surface area is 115 Å². The molecular formula is C15H24N2O2. The summed E-state index contributed by atoms with van der Waals surface area (Å²) in [5.41, 5.74) is 1.60. The van der Waals surface area contributed by atoms with Gasteiger partial charge in [-0.2, -0.15) is 0 Å². The van der Waals surface area contributed by atoms with Crippen molar-refractivity contribution in [1.29, 1.82) is 0 Å². The molecule has 0 saturated heterocycles. The molecule has 0 radical (unpaired) electrons. The second kappa shape index (κ2) is 6.57. The van der Waals surface area contributed by atoms with Gasteiger partial charge in [0.15, 0.2) is 0 Å². The Kier molecular flexibility index (Phi) is 5.36. The lowest BCUT2D eigenvalue weighted by Crippen LogP contribution is -2.57. The molecular weight excluding hydrogens is 240 g/mol. The number of para-hydroxylation sites is 1. The van der Waals surface area contributed by atoms with E-state index in [0.29, 0.717) is 13.1 Å². The SMILES string of the molecule is CCNC(C)(CN(C)c1ccccc1C)C(=O)OC. The molecule has 19 heavy (non-hydrogen) atoms. The second-order valence-electron chi connectivity index (χ2n) is 5.00. The number of carbonyl (C=O) groups is 1. The van der Waals surface area contributed by atoms with Crippen LogP contribution in [0.15, 0.2) is 24.3 Å². The minimum Gasteiger partial charge on any atom is -0.468 e. The van der Waals surface area contributed by atoms with Gasteiger partial charge in [0.2, 0.25) is 0 Å². The van der Waals surface area contributed by atoms with Gasteiger partial charge < -0.3 is 15.0 Å². The molecule has 4 nitrogen and oxygen atoms in total. The summed E-state index contributed by atoms with van der Waals surface area (Å²) in [4.78, 5) is 14.0. The van der Waals surface area contributed by atoms with Crippen LogP contribution < -0.4 is 10.2 Å². The molecule has 4 heteroatoms. The number of hydrogen-bond acceptors (Lipinski definition) is 4. The fraction of sp³-hybridized carbons (Fsp3) is 0.533. The highest BCUT2D eigenvalue weighted by Gasteiger charge is 2.34. The van der Waals surface area contributed by atoms with Crippen LogP contribution in [0.2, 0.25) is 0 Å². The fourth-order valence-electron chi connectivity index (χ4n) is 2.36. The lowest BCUT2D eigenvalue weighted by atomic mass is 10.0. The van der Waals surface area contributed by atoms with E-state index in [2.05, 4.69) is 29.3 Å². The Balaban J connectivity index is 2.91. The van der Waals surface area contributed by atoms with E-state index in [1.807, 2.05) is 33.0 Å². The van der Waals surface area contributed by atoms with Crippen LogP contribution in [0.4, 0.5) is 5.69 Å². The second-order valence-corrected chi connectivity index (χ2v) is 5.00. The van der Waals surface area contributed by atoms with E-state index < -0.39 is 5.54 Å². The summed E-state index contributed by atoms with van der Waals surface area (Å²) in [5.74, 6) is -0.241. The monoisotopic (exact) mass is 264 g/mol. The van der Waals surface area contributed by atoms with Gasteiger partial charge in [0.1, 0.15) is 5.54 Å². The van der Waals surface area contributed by atoms with E-state index in [1.54, 1.807) is 0 Å². The van der Waals surface area contributed by atoms with Crippen LogP contribution in [0, 0.1) is 6.92 Å². The third-order valence-electron chi connectivity index (χ3n) is 3.28. The first-order valence-electron chi connectivity index (χ1n) is 6.55. The van der Waals surface area contributed by atoms with Crippen molar-refractivity contribution in [3.8, 4) is 0 Å². The van der Waals surface area contributed by atoms with Crippen LogP contribution in [0.3, 0.4) is 0 Å². The number of aryl methyl sites for hydroxylation is 1. The van der Waals surface area contributed by atoms with Crippen molar-refractivity contribution < 1.29 is 9.53 Å². The number of ether oxygens (including phenoxy) is 1. The molecule has 1 rings (SSSR count). The first-order chi connectivity index (χ1) is 8.94. The van der Waals surface area contributed by atoms with Crippen molar-refractivity contribution in [1.82, 2.24) is 5.32 Å². The van der Waals surface area contributed by atoms with E-state index in [9.17, 15) is 4.79 Å². The lowest BCUT2D eigenvalue weighted by Gasteiger charge is -2.33. The van der Waals surface area contributed by atoms with Crippen LogP contribution in [-0.4, -0.2) is 38.8 Å². The van der Waals surface area contributed by atoms with Gasteiger partial charge in [0, 0.05) is 19.3 Å². The largest absolute Gasteiger partial charge is 0.468 e. The van der Waals surface area contributed by atoms with Crippen LogP contribution in [-0.2, 0) is 9.53 Å². The topological polar surface area (TPSA) is 41.6 Å². The van der Waals surface area contributed by atoms with Crippen LogP contribution in [0.1, 0.15) is 19.4 Å². The van der Waals surface area contributed by atoms with E-state index >= 15 is 0 Å². The molecule has 0 bridgehead atoms. The first kappa shape index (κ1) is 15.5. The minimum atomic E-state index is -0.708. The Hall–Kier alpha value is -1.55. The molecule has 0 heterocycles. The number of methoxy groups -OCH3 is 1. The molecule has 0 aliphatic carbocycles. The van der Waals surface area contributed by atoms with Crippen molar-refractivity contribution >= 4 is 11.7 Å². The van der Waals surface area contributed by atoms with Gasteiger partial charge in [-0.1, -0.05) is 25.1 Å². The summed E-state index contributed by atoms with van der Waals surface area (Å²) in [6.07, 6.45) is 0. The first-order valence-corrected chi connectivity index (χ1v) is 6.55. The summed E-state index contributed by atoms with van der Waals surface area (Å²) in [6.45, 7) is 7.19. The summed E-state index contributed by atoms with van der Waals surface area (Å²) in [7, 11) is 3.41. The molecule has 0 amide bonds. The third-order valence-corrected chi connectivity index (χ3v) is 3.28. The molecule has 0 fully saturated rings. The maximum atomic E-state index is 12.0. The van der Waals surface area contributed by atoms with Gasteiger partial charge in [-0.15, -0.1) is 0 Å². The summed E-state index contributed by atoms with van der Waals surface area (Å²) in [6, 6.07) is 8.13. The predicted molar refractivity (Wildman–Crippen MR) is 78.5 cm³/mol. The molecule has 1 N–H and O–H groups in total. The van der Waals surface area contributed by atoms with Crippen molar-refractivity contribution in [3.63, 3.8) is 0 Å². The van der Waals surface area contributed by atoms with Crippen molar-refractivity contribution in [2.75, 3.05) is 32.1 Å². The molecule has 0 aliphatic heterocycles. The standard InChI is InChI=1S/C15H24N2O2/c1-6-16-15(3,14(18)19-5)11-17(4)13-10-8-7-9-12(13)2/h7-10,16H,6,11H2,1-5H3. The number of rotatable bonds is 6. The number of hydrogen-bond donors (Lipinski definition) is 1. The van der Waals surface area contributed by atoms with Gasteiger partial charge >= 0.3 is 5.97 Å². The molecule has 0 saturated carbocycles. The quantitative estimate of drug-likeness (QED) is 0.798. The zero-order chi connectivity index (χ0) is 14.5. The average Bonchev–Trinajstić information content (AvgIpc) is 2.38. The predicted octanol–water partition coefficient (Wildman–Crippen LogP) is 1.97. The van der Waals surface area contributed by atoms with Gasteiger partial charge in [0.05, 0.1) is 7.11 Å². The normalized spacial score (nSPS) is 13.7. The number of nitrogens with zero attached hydrogens (tertiary/aromatic N) is 1.